The smallest absolute Gasteiger partial charge is 0.224 e. The predicted octanol–water partition coefficient (Wildman–Crippen LogP) is 3.97. The molecule has 0 aliphatic carbocycles. The van der Waals surface area contributed by atoms with Crippen LogP contribution in [0.15, 0.2) is 30.5 Å². The van der Waals surface area contributed by atoms with Crippen LogP contribution in [0.4, 0.5) is 20.4 Å². The SMILES string of the molecule is C=C(C=N)CCNC(C)Nc1ncc(F)c(-c2cc(F)c3c(c2)N(C(C)C)CCO3)n1. The van der Waals surface area contributed by atoms with Crippen molar-refractivity contribution >= 4 is 17.9 Å². The Morgan fingerprint density at radius 2 is 2.10 bits per heavy atom. The molecule has 7 nitrogen and oxygen atoms in total. The summed E-state index contributed by atoms with van der Waals surface area (Å²) in [7, 11) is 0. The molecule has 1 aliphatic heterocycles. The molecule has 1 aromatic heterocycles. The van der Waals surface area contributed by atoms with Crippen LogP contribution in [0.2, 0.25) is 0 Å². The van der Waals surface area contributed by atoms with Crippen LogP contribution in [0.5, 0.6) is 5.75 Å². The van der Waals surface area contributed by atoms with E-state index >= 15 is 0 Å². The van der Waals surface area contributed by atoms with Gasteiger partial charge in [-0.25, -0.2) is 18.7 Å². The number of nitrogens with one attached hydrogen (secondary N) is 3. The Hall–Kier alpha value is -3.07. The van der Waals surface area contributed by atoms with E-state index in [1.165, 1.54) is 12.3 Å². The molecule has 1 unspecified atom stereocenters. The van der Waals surface area contributed by atoms with E-state index in [1.54, 1.807) is 6.07 Å². The lowest BCUT2D eigenvalue weighted by Crippen LogP contribution is -2.38. The van der Waals surface area contributed by atoms with E-state index in [2.05, 4.69) is 27.2 Å². The van der Waals surface area contributed by atoms with Gasteiger partial charge in [0.15, 0.2) is 17.4 Å². The number of hydrogen-bond acceptors (Lipinski definition) is 7. The Morgan fingerprint density at radius 3 is 2.81 bits per heavy atom. The van der Waals surface area contributed by atoms with Gasteiger partial charge in [0.05, 0.1) is 24.6 Å². The van der Waals surface area contributed by atoms with E-state index in [0.29, 0.717) is 42.9 Å². The monoisotopic (exact) mass is 430 g/mol. The van der Waals surface area contributed by atoms with Crippen molar-refractivity contribution in [2.45, 2.75) is 39.4 Å². The molecule has 1 aromatic carbocycles. The number of ether oxygens (including phenoxy) is 1. The summed E-state index contributed by atoms with van der Waals surface area (Å²) in [4.78, 5) is 10.3. The van der Waals surface area contributed by atoms with Crippen molar-refractivity contribution in [1.82, 2.24) is 15.3 Å². The van der Waals surface area contributed by atoms with Crippen LogP contribution < -0.4 is 20.3 Å². The first-order valence-corrected chi connectivity index (χ1v) is 10.2. The first-order chi connectivity index (χ1) is 14.8. The van der Waals surface area contributed by atoms with Gasteiger partial charge in [0.25, 0.3) is 0 Å². The van der Waals surface area contributed by atoms with Crippen LogP contribution in [0.25, 0.3) is 11.3 Å². The van der Waals surface area contributed by atoms with Crippen molar-refractivity contribution in [2.24, 2.45) is 0 Å². The van der Waals surface area contributed by atoms with E-state index in [9.17, 15) is 8.78 Å². The molecule has 2 aromatic rings. The quantitative estimate of drug-likeness (QED) is 0.412. The summed E-state index contributed by atoms with van der Waals surface area (Å²) in [6, 6.07) is 3.08. The number of nitrogens with zero attached hydrogens (tertiary/aromatic N) is 3. The number of hydrogen-bond donors (Lipinski definition) is 3. The summed E-state index contributed by atoms with van der Waals surface area (Å²) < 4.78 is 34.9. The highest BCUT2D eigenvalue weighted by atomic mass is 19.1. The van der Waals surface area contributed by atoms with Crippen LogP contribution in [0, 0.1) is 17.0 Å². The molecule has 0 saturated heterocycles. The van der Waals surface area contributed by atoms with Crippen LogP contribution in [-0.2, 0) is 0 Å². The number of rotatable bonds is 9. The molecule has 166 valence electrons. The molecule has 3 N–H and O–H groups in total. The highest BCUT2D eigenvalue weighted by Gasteiger charge is 2.25. The first kappa shape index (κ1) is 22.6. The third kappa shape index (κ3) is 5.35. The van der Waals surface area contributed by atoms with E-state index in [4.69, 9.17) is 10.1 Å². The van der Waals surface area contributed by atoms with E-state index < -0.39 is 11.6 Å². The molecule has 1 aliphatic rings. The van der Waals surface area contributed by atoms with Crippen molar-refractivity contribution < 1.29 is 13.5 Å². The van der Waals surface area contributed by atoms with Crippen LogP contribution in [0.3, 0.4) is 0 Å². The third-order valence-electron chi connectivity index (χ3n) is 5.00. The summed E-state index contributed by atoms with van der Waals surface area (Å²) >= 11 is 0. The number of anilines is 2. The van der Waals surface area contributed by atoms with Gasteiger partial charge in [-0.1, -0.05) is 6.58 Å². The van der Waals surface area contributed by atoms with Gasteiger partial charge in [-0.2, -0.15) is 0 Å². The maximum absolute atomic E-state index is 14.8. The summed E-state index contributed by atoms with van der Waals surface area (Å²) in [5.74, 6) is -0.786. The Labute approximate surface area is 181 Å². The van der Waals surface area contributed by atoms with E-state index in [-0.39, 0.29) is 29.6 Å². The van der Waals surface area contributed by atoms with Gasteiger partial charge in [0, 0.05) is 24.4 Å². The van der Waals surface area contributed by atoms with Crippen molar-refractivity contribution in [3.8, 4) is 17.0 Å². The molecule has 2 heterocycles. The highest BCUT2D eigenvalue weighted by molar-refractivity contribution is 5.74. The molecule has 9 heteroatoms. The fraction of sp³-hybridized carbons (Fsp3) is 0.409. The van der Waals surface area contributed by atoms with E-state index in [0.717, 1.165) is 6.20 Å². The average molecular weight is 431 g/mol. The zero-order chi connectivity index (χ0) is 22.5. The maximum Gasteiger partial charge on any atom is 0.224 e. The van der Waals surface area contributed by atoms with Gasteiger partial charge in [-0.05, 0) is 44.9 Å². The lowest BCUT2D eigenvalue weighted by Gasteiger charge is -2.34. The zero-order valence-corrected chi connectivity index (χ0v) is 18.0. The fourth-order valence-corrected chi connectivity index (χ4v) is 3.38. The summed E-state index contributed by atoms with van der Waals surface area (Å²) in [5.41, 5.74) is 1.63. The van der Waals surface area contributed by atoms with Crippen LogP contribution in [0.1, 0.15) is 27.2 Å². The van der Waals surface area contributed by atoms with Crippen molar-refractivity contribution in [1.29, 1.82) is 5.41 Å². The summed E-state index contributed by atoms with van der Waals surface area (Å²) in [6.07, 6.45) is 2.72. The molecular weight excluding hydrogens is 402 g/mol. The Morgan fingerprint density at radius 1 is 1.32 bits per heavy atom. The molecule has 31 heavy (non-hydrogen) atoms. The Kier molecular flexibility index (Phi) is 7.17. The Balaban J connectivity index is 1.83. The lowest BCUT2D eigenvalue weighted by atomic mass is 10.1. The second-order valence-electron chi connectivity index (χ2n) is 7.70. The number of fused-ring (bicyclic) bond motifs is 1. The second-order valence-corrected chi connectivity index (χ2v) is 7.70. The minimum Gasteiger partial charge on any atom is -0.486 e. The highest BCUT2D eigenvalue weighted by Crippen LogP contribution is 2.39. The van der Waals surface area contributed by atoms with Gasteiger partial charge in [0.2, 0.25) is 5.95 Å². The van der Waals surface area contributed by atoms with Crippen molar-refractivity contribution in [3.63, 3.8) is 0 Å². The molecular formula is C22H28F2N6O. The van der Waals surface area contributed by atoms with E-state index in [1.807, 2.05) is 25.7 Å². The topological polar surface area (TPSA) is 86.2 Å². The first-order valence-electron chi connectivity index (χ1n) is 10.2. The molecule has 0 fully saturated rings. The van der Waals surface area contributed by atoms with Gasteiger partial charge in [-0.3, -0.25) is 5.32 Å². The average Bonchev–Trinajstić information content (AvgIpc) is 2.74. The largest absolute Gasteiger partial charge is 0.486 e. The number of aromatic nitrogens is 2. The molecule has 1 atom stereocenters. The van der Waals surface area contributed by atoms with Gasteiger partial charge < -0.3 is 20.4 Å². The Bertz CT molecular complexity index is 965. The minimum atomic E-state index is -0.638. The molecule has 3 rings (SSSR count). The number of halogens is 2. The lowest BCUT2D eigenvalue weighted by molar-refractivity contribution is 0.287. The van der Waals surface area contributed by atoms with Crippen molar-refractivity contribution in [3.05, 3.63) is 42.1 Å². The minimum absolute atomic E-state index is 0.0119. The van der Waals surface area contributed by atoms with Gasteiger partial charge in [0.1, 0.15) is 12.3 Å². The second kappa shape index (κ2) is 9.82. The molecule has 0 bridgehead atoms. The zero-order valence-electron chi connectivity index (χ0n) is 18.0. The maximum atomic E-state index is 14.8. The van der Waals surface area contributed by atoms with Crippen LogP contribution >= 0.6 is 0 Å². The predicted molar refractivity (Wildman–Crippen MR) is 119 cm³/mol. The molecule has 0 saturated carbocycles. The fourth-order valence-electron chi connectivity index (χ4n) is 3.38. The van der Waals surface area contributed by atoms with Crippen LogP contribution in [-0.4, -0.2) is 48.1 Å². The number of benzene rings is 1. The van der Waals surface area contributed by atoms with Crippen molar-refractivity contribution in [2.75, 3.05) is 29.9 Å². The molecule has 0 amide bonds. The standard InChI is InChI=1S/C22H28F2N6O/c1-13(2)30-7-8-31-21-17(23)9-16(10-19(21)30)20-18(24)12-27-22(29-20)28-15(4)26-6-5-14(3)11-25/h9-13,15,25-26H,3,5-8H2,1-2,4H3,(H,27,28,29). The molecule has 0 spiro atoms. The normalized spacial score (nSPS) is 14.1. The summed E-state index contributed by atoms with van der Waals surface area (Å²) in [6.45, 7) is 11.3. The van der Waals surface area contributed by atoms with Gasteiger partial charge in [-0.15, -0.1) is 0 Å². The van der Waals surface area contributed by atoms with Gasteiger partial charge >= 0.3 is 0 Å². The third-order valence-corrected chi connectivity index (χ3v) is 5.00. The molecule has 0 radical (unpaired) electrons. The summed E-state index contributed by atoms with van der Waals surface area (Å²) in [5, 5.41) is 13.4.